The van der Waals surface area contributed by atoms with Crippen molar-refractivity contribution in [3.8, 4) is 0 Å². The van der Waals surface area contributed by atoms with Crippen LogP contribution in [0.4, 0.5) is 0 Å². The first-order valence-corrected chi connectivity index (χ1v) is 4.00. The molecule has 0 amide bonds. The van der Waals surface area contributed by atoms with Gasteiger partial charge in [-0.15, -0.1) is 0 Å². The van der Waals surface area contributed by atoms with Crippen molar-refractivity contribution in [3.05, 3.63) is 0 Å². The van der Waals surface area contributed by atoms with Crippen LogP contribution in [0.5, 0.6) is 0 Å². The molecule has 0 radical (unpaired) electrons. The molecule has 1 N–H and O–H groups in total. The fourth-order valence-corrected chi connectivity index (χ4v) is 1.53. The molecule has 2 atom stereocenters. The van der Waals surface area contributed by atoms with Crippen LogP contribution in [0.1, 0.15) is 13.3 Å². The van der Waals surface area contributed by atoms with Gasteiger partial charge in [0.25, 0.3) is 0 Å². The molecule has 1 aliphatic rings. The smallest absolute Gasteiger partial charge is 0.0818 e. The van der Waals surface area contributed by atoms with Crippen LogP contribution < -0.4 is 0 Å². The predicted octanol–water partition coefficient (Wildman–Crippen LogP) is 0.0879. The molecule has 2 unspecified atom stereocenters. The maximum Gasteiger partial charge on any atom is 0.0818 e. The maximum atomic E-state index is 9.88. The lowest BCUT2D eigenvalue weighted by Gasteiger charge is -2.40. The molecular weight excluding hydrogens is 142 g/mol. The summed E-state index contributed by atoms with van der Waals surface area (Å²) in [5.74, 6) is 0. The van der Waals surface area contributed by atoms with E-state index in [1.165, 1.54) is 0 Å². The van der Waals surface area contributed by atoms with Gasteiger partial charge in [-0.1, -0.05) is 0 Å². The third kappa shape index (κ3) is 1.92. The molecule has 0 bridgehead atoms. The van der Waals surface area contributed by atoms with Gasteiger partial charge in [0, 0.05) is 13.0 Å². The first-order valence-electron chi connectivity index (χ1n) is 4.00. The summed E-state index contributed by atoms with van der Waals surface area (Å²) in [4.78, 5) is 2.01. The quantitative estimate of drug-likeness (QED) is 0.588. The zero-order valence-electron chi connectivity index (χ0n) is 7.50. The average Bonchev–Trinajstić information content (AvgIpc) is 1.85. The monoisotopic (exact) mass is 159 g/mol. The second-order valence-corrected chi connectivity index (χ2v) is 3.66. The summed E-state index contributed by atoms with van der Waals surface area (Å²) in [6.07, 6.45) is 0.732. The van der Waals surface area contributed by atoms with E-state index < -0.39 is 5.60 Å². The average molecular weight is 159 g/mol. The van der Waals surface area contributed by atoms with Crippen LogP contribution in [0.15, 0.2) is 0 Å². The molecule has 11 heavy (non-hydrogen) atoms. The van der Waals surface area contributed by atoms with Gasteiger partial charge in [-0.25, -0.2) is 0 Å². The normalized spacial score (nSPS) is 39.5. The molecule has 3 heteroatoms. The van der Waals surface area contributed by atoms with Crippen molar-refractivity contribution in [1.82, 2.24) is 4.90 Å². The van der Waals surface area contributed by atoms with Gasteiger partial charge < -0.3 is 14.7 Å². The zero-order valence-corrected chi connectivity index (χ0v) is 7.50. The summed E-state index contributed by atoms with van der Waals surface area (Å²) in [5, 5.41) is 9.88. The van der Waals surface area contributed by atoms with E-state index in [1.807, 2.05) is 25.9 Å². The Morgan fingerprint density at radius 2 is 2.18 bits per heavy atom. The minimum atomic E-state index is -0.582. The third-order valence-corrected chi connectivity index (χ3v) is 2.37. The standard InChI is InChI=1S/C8H17NO2/c1-8(10)4-5-11-6-7(8)9(2)3/h7,10H,4-6H2,1-3H3. The van der Waals surface area contributed by atoms with Crippen LogP contribution >= 0.6 is 0 Å². The molecule has 3 nitrogen and oxygen atoms in total. The van der Waals surface area contributed by atoms with E-state index in [-0.39, 0.29) is 6.04 Å². The number of hydrogen-bond acceptors (Lipinski definition) is 3. The highest BCUT2D eigenvalue weighted by Gasteiger charge is 2.36. The van der Waals surface area contributed by atoms with Crippen molar-refractivity contribution in [2.45, 2.75) is 25.0 Å². The fourth-order valence-electron chi connectivity index (χ4n) is 1.53. The van der Waals surface area contributed by atoms with E-state index in [0.717, 1.165) is 6.42 Å². The number of nitrogens with zero attached hydrogens (tertiary/aromatic N) is 1. The van der Waals surface area contributed by atoms with E-state index in [1.54, 1.807) is 0 Å². The van der Waals surface area contributed by atoms with Gasteiger partial charge in [0.15, 0.2) is 0 Å². The van der Waals surface area contributed by atoms with E-state index in [2.05, 4.69) is 0 Å². The van der Waals surface area contributed by atoms with Crippen molar-refractivity contribution in [1.29, 1.82) is 0 Å². The molecule has 0 aliphatic carbocycles. The minimum absolute atomic E-state index is 0.135. The molecule has 1 saturated heterocycles. The summed E-state index contributed by atoms with van der Waals surface area (Å²) in [6.45, 7) is 3.19. The van der Waals surface area contributed by atoms with Gasteiger partial charge >= 0.3 is 0 Å². The van der Waals surface area contributed by atoms with Crippen LogP contribution in [0.3, 0.4) is 0 Å². The Morgan fingerprint density at radius 1 is 1.55 bits per heavy atom. The summed E-state index contributed by atoms with van der Waals surface area (Å²) in [7, 11) is 3.93. The van der Waals surface area contributed by atoms with Gasteiger partial charge in [-0.05, 0) is 21.0 Å². The third-order valence-electron chi connectivity index (χ3n) is 2.37. The molecular formula is C8H17NO2. The van der Waals surface area contributed by atoms with Crippen LogP contribution in [0.2, 0.25) is 0 Å². The van der Waals surface area contributed by atoms with Crippen LogP contribution in [0, 0.1) is 0 Å². The minimum Gasteiger partial charge on any atom is -0.388 e. The Kier molecular flexibility index (Phi) is 2.52. The summed E-state index contributed by atoms with van der Waals surface area (Å²) in [6, 6.07) is 0.135. The predicted molar refractivity (Wildman–Crippen MR) is 43.5 cm³/mol. The molecule has 0 aromatic rings. The number of likely N-dealkylation sites (N-methyl/N-ethyl adjacent to an activating group) is 1. The number of ether oxygens (including phenoxy) is 1. The Hall–Kier alpha value is -0.120. The largest absolute Gasteiger partial charge is 0.388 e. The van der Waals surface area contributed by atoms with Gasteiger partial charge in [0.05, 0.1) is 18.2 Å². The summed E-state index contributed by atoms with van der Waals surface area (Å²) in [5.41, 5.74) is -0.582. The van der Waals surface area contributed by atoms with Crippen LogP contribution in [-0.2, 0) is 4.74 Å². The molecule has 1 aliphatic heterocycles. The van der Waals surface area contributed by atoms with Gasteiger partial charge in [0.2, 0.25) is 0 Å². The highest BCUT2D eigenvalue weighted by Crippen LogP contribution is 2.22. The van der Waals surface area contributed by atoms with Crippen molar-refractivity contribution in [2.24, 2.45) is 0 Å². The zero-order chi connectivity index (χ0) is 8.48. The maximum absolute atomic E-state index is 9.88. The van der Waals surface area contributed by atoms with E-state index in [9.17, 15) is 5.11 Å². The van der Waals surface area contributed by atoms with Crippen LogP contribution in [0.25, 0.3) is 0 Å². The molecule has 1 rings (SSSR count). The molecule has 0 aromatic carbocycles. The highest BCUT2D eigenvalue weighted by atomic mass is 16.5. The first kappa shape index (κ1) is 8.97. The topological polar surface area (TPSA) is 32.7 Å². The summed E-state index contributed by atoms with van der Waals surface area (Å²) >= 11 is 0. The van der Waals surface area contributed by atoms with Gasteiger partial charge in [0.1, 0.15) is 0 Å². The summed E-state index contributed by atoms with van der Waals surface area (Å²) < 4.78 is 5.28. The SMILES string of the molecule is CN(C)C1COCCC1(C)O. The number of hydrogen-bond donors (Lipinski definition) is 1. The van der Waals surface area contributed by atoms with E-state index >= 15 is 0 Å². The van der Waals surface area contributed by atoms with E-state index in [0.29, 0.717) is 13.2 Å². The number of aliphatic hydroxyl groups is 1. The van der Waals surface area contributed by atoms with Crippen molar-refractivity contribution in [2.75, 3.05) is 27.3 Å². The Balaban J connectivity index is 2.60. The number of rotatable bonds is 1. The van der Waals surface area contributed by atoms with Crippen molar-refractivity contribution in [3.63, 3.8) is 0 Å². The highest BCUT2D eigenvalue weighted by molar-refractivity contribution is 4.90. The first-order chi connectivity index (χ1) is 5.04. The van der Waals surface area contributed by atoms with Crippen molar-refractivity contribution < 1.29 is 9.84 Å². The van der Waals surface area contributed by atoms with Crippen molar-refractivity contribution >= 4 is 0 Å². The molecule has 66 valence electrons. The van der Waals surface area contributed by atoms with Gasteiger partial charge in [-0.3, -0.25) is 0 Å². The Labute approximate surface area is 68.0 Å². The second kappa shape index (κ2) is 3.09. The van der Waals surface area contributed by atoms with Gasteiger partial charge in [-0.2, -0.15) is 0 Å². The second-order valence-electron chi connectivity index (χ2n) is 3.66. The lowest BCUT2D eigenvalue weighted by atomic mass is 9.91. The van der Waals surface area contributed by atoms with Crippen LogP contribution in [-0.4, -0.2) is 49.0 Å². The Morgan fingerprint density at radius 3 is 2.55 bits per heavy atom. The molecule has 0 aromatic heterocycles. The lowest BCUT2D eigenvalue weighted by molar-refractivity contribution is -0.108. The fraction of sp³-hybridized carbons (Fsp3) is 1.00. The van der Waals surface area contributed by atoms with E-state index in [4.69, 9.17) is 4.74 Å². The molecule has 1 fully saturated rings. The molecule has 1 heterocycles. The lowest BCUT2D eigenvalue weighted by Crippen LogP contribution is -2.54. The Bertz CT molecular complexity index is 134. The molecule has 0 spiro atoms. The molecule has 0 saturated carbocycles.